The summed E-state index contributed by atoms with van der Waals surface area (Å²) in [6, 6.07) is 14.2. The Balaban J connectivity index is 0.000000281. The first kappa shape index (κ1) is 89.9. The Labute approximate surface area is 639 Å². The smallest absolute Gasteiger partial charge is 0.277 e. The number of benzene rings is 3. The van der Waals surface area contributed by atoms with Gasteiger partial charge in [0.1, 0.15) is 34.7 Å². The van der Waals surface area contributed by atoms with Crippen LogP contribution in [0.25, 0.3) is 50.7 Å². The summed E-state index contributed by atoms with van der Waals surface area (Å²) in [6.07, 6.45) is 4.57. The van der Waals surface area contributed by atoms with E-state index in [2.05, 4.69) is 70.9 Å². The topological polar surface area (TPSA) is 373 Å². The van der Waals surface area contributed by atoms with Crippen molar-refractivity contribution in [1.29, 1.82) is 0 Å². The van der Waals surface area contributed by atoms with Crippen LogP contribution in [-0.4, -0.2) is 225 Å². The molecule has 9 heterocycles. The number of aromatic amines is 3. The Kier molecular flexibility index (Phi) is 32.8. The molecule has 0 saturated carbocycles. The molecule has 0 spiro atoms. The summed E-state index contributed by atoms with van der Waals surface area (Å²) < 4.78 is 107. The van der Waals surface area contributed by atoms with Gasteiger partial charge in [-0.05, 0) is 136 Å². The van der Waals surface area contributed by atoms with E-state index in [1.807, 2.05) is 41.5 Å². The quantitative estimate of drug-likeness (QED) is 0.0430. The first-order valence-electron chi connectivity index (χ1n) is 35.6. The number of H-pyrrole nitrogens is 3. The summed E-state index contributed by atoms with van der Waals surface area (Å²) in [5.74, 6) is 4.17. The number of halogens is 2. The molecule has 0 radical (unpaired) electrons. The SMILES string of the molecule is C.C.CCCc1nc(C)c2c(=O)[nH]c(-c3cc(S(=O)(=O)N4CCN(CC)CC4)ccc3OCC)nn12.CCCc1nc(C)c2c(=O)[nH]c(-c3cc(S(=O)(=O)N4CC[NH+](CC)CC4)ccc3OCC)nn12.CCCc1nc(C)c2c(=O)[nH]c(-c3cc(S(=O)(=O)N4CC[NH+](CC)CC4)ccc3OCC)nn12.O.[Cl-].[Cl-]. The van der Waals surface area contributed by atoms with Crippen LogP contribution in [0.5, 0.6) is 17.2 Å². The van der Waals surface area contributed by atoms with Crippen LogP contribution in [0.1, 0.15) is 131 Å². The molecule has 592 valence electrons. The van der Waals surface area contributed by atoms with Gasteiger partial charge in [0.15, 0.2) is 34.0 Å². The van der Waals surface area contributed by atoms with Gasteiger partial charge in [0.2, 0.25) is 30.1 Å². The number of aromatic nitrogens is 12. The Morgan fingerprint density at radius 2 is 0.692 bits per heavy atom. The highest BCUT2D eigenvalue weighted by Crippen LogP contribution is 2.35. The van der Waals surface area contributed by atoms with Crippen molar-refractivity contribution >= 4 is 46.6 Å². The van der Waals surface area contributed by atoms with E-state index < -0.39 is 30.1 Å². The van der Waals surface area contributed by atoms with Crippen molar-refractivity contribution in [2.24, 2.45) is 0 Å². The number of likely N-dealkylation sites (N-methyl/N-ethyl adjacent to an activating group) is 3. The fourth-order valence-corrected chi connectivity index (χ4v) is 17.5. The molecule has 31 nitrogen and oxygen atoms in total. The van der Waals surface area contributed by atoms with Gasteiger partial charge in [0.25, 0.3) is 16.7 Å². The molecule has 0 amide bonds. The third-order valence-corrected chi connectivity index (χ3v) is 24.4. The van der Waals surface area contributed by atoms with Crippen LogP contribution in [0.3, 0.4) is 0 Å². The monoisotopic (exact) mass is 1590 g/mol. The number of quaternary nitrogens is 2. The van der Waals surface area contributed by atoms with Crippen molar-refractivity contribution in [1.82, 2.24) is 76.6 Å². The fourth-order valence-electron chi connectivity index (χ4n) is 13.2. The van der Waals surface area contributed by atoms with Gasteiger partial charge in [0.05, 0.1) is 134 Å². The molecule has 107 heavy (non-hydrogen) atoms. The summed E-state index contributed by atoms with van der Waals surface area (Å²) in [5, 5.41) is 14.0. The van der Waals surface area contributed by atoms with Gasteiger partial charge in [-0.1, -0.05) is 42.5 Å². The summed E-state index contributed by atoms with van der Waals surface area (Å²) >= 11 is 0. The molecule has 0 bridgehead atoms. The lowest BCUT2D eigenvalue weighted by atomic mass is 10.2. The van der Waals surface area contributed by atoms with E-state index in [9.17, 15) is 39.6 Å². The lowest BCUT2D eigenvalue weighted by Gasteiger charge is -2.33. The van der Waals surface area contributed by atoms with Gasteiger partial charge >= 0.3 is 0 Å². The third kappa shape index (κ3) is 19.3. The number of sulfonamides is 3. The molecule has 3 aliphatic heterocycles. The lowest BCUT2D eigenvalue weighted by molar-refractivity contribution is -0.901. The van der Waals surface area contributed by atoms with E-state index in [0.717, 1.165) is 65.1 Å². The van der Waals surface area contributed by atoms with E-state index >= 15 is 0 Å². The molecule has 0 aliphatic carbocycles. The number of nitrogens with zero attached hydrogens (tertiary/aromatic N) is 13. The molecule has 12 rings (SSSR count). The summed E-state index contributed by atoms with van der Waals surface area (Å²) in [7, 11) is -11.1. The number of nitrogens with one attached hydrogen (secondary N) is 5. The Bertz CT molecular complexity index is 4530. The largest absolute Gasteiger partial charge is 1.00 e. The second-order valence-corrected chi connectivity index (χ2v) is 31.2. The van der Waals surface area contributed by atoms with Crippen molar-refractivity contribution in [2.75, 3.05) is 118 Å². The summed E-state index contributed by atoms with van der Waals surface area (Å²) in [6.45, 7) is 34.6. The van der Waals surface area contributed by atoms with Gasteiger partial charge in [-0.3, -0.25) is 14.4 Å². The fraction of sp³-hybridized carbons (Fsp3) is 0.535. The molecule has 3 fully saturated rings. The van der Waals surface area contributed by atoms with Gasteiger partial charge in [-0.2, -0.15) is 12.9 Å². The maximum atomic E-state index is 13.4. The number of rotatable bonds is 24. The summed E-state index contributed by atoms with van der Waals surface area (Å²) in [4.78, 5) is 66.3. The van der Waals surface area contributed by atoms with Crippen molar-refractivity contribution in [2.45, 2.75) is 151 Å². The standard InChI is InChI=1S/3C23H32N6O4S.2CH4.2ClH.H2O/c3*1-5-8-20-24-16(4)21-23(30)25-22(26-29(20)21)18-15-17(9-10-19(18)33-7-3)34(31,32)28-13-11-27(6-2)12-14-28;;;;;/h3*9-10,15H,5-8,11-14H2,1-4H3,(H,25,26,30);2*1H4;2*1H;1H2. The molecular formula is C71H108Cl2N18O13S3. The maximum Gasteiger partial charge on any atom is 0.277 e. The molecule has 36 heteroatoms. The van der Waals surface area contributed by atoms with Crippen molar-refractivity contribution in [3.05, 3.63) is 120 Å². The molecule has 3 saturated heterocycles. The first-order valence-corrected chi connectivity index (χ1v) is 39.9. The number of ether oxygens (including phenoxy) is 3. The van der Waals surface area contributed by atoms with Gasteiger partial charge in [0, 0.05) is 45.4 Å². The maximum absolute atomic E-state index is 13.4. The molecule has 0 unspecified atom stereocenters. The zero-order valence-corrected chi connectivity index (χ0v) is 65.8. The van der Waals surface area contributed by atoms with E-state index in [-0.39, 0.29) is 94.0 Å². The highest BCUT2D eigenvalue weighted by atomic mass is 35.5. The Morgan fingerprint density at radius 3 is 0.935 bits per heavy atom. The van der Waals surface area contributed by atoms with Crippen molar-refractivity contribution in [3.8, 4) is 51.4 Å². The Hall–Kier alpha value is -7.74. The minimum absolute atomic E-state index is 0. The van der Waals surface area contributed by atoms with Crippen LogP contribution in [0.15, 0.2) is 83.7 Å². The number of hydrogen-bond donors (Lipinski definition) is 5. The first-order chi connectivity index (χ1) is 48.9. The predicted molar refractivity (Wildman–Crippen MR) is 405 cm³/mol. The van der Waals surface area contributed by atoms with Crippen LogP contribution in [-0.2, 0) is 49.3 Å². The molecule has 3 aliphatic rings. The van der Waals surface area contributed by atoms with Gasteiger partial charge in [-0.25, -0.2) is 53.8 Å². The summed E-state index contributed by atoms with van der Waals surface area (Å²) in [5.41, 5.74) is 3.29. The number of fused-ring (bicyclic) bond motifs is 3. The highest BCUT2D eigenvalue weighted by molar-refractivity contribution is 7.89. The van der Waals surface area contributed by atoms with Crippen LogP contribution in [0, 0.1) is 20.8 Å². The number of hydrogen-bond acceptors (Lipinski definition) is 19. The molecule has 9 aromatic rings. The van der Waals surface area contributed by atoms with E-state index in [1.54, 1.807) is 88.9 Å². The zero-order valence-electron chi connectivity index (χ0n) is 61.9. The van der Waals surface area contributed by atoms with Crippen LogP contribution in [0.4, 0.5) is 0 Å². The number of imidazole rings is 3. The van der Waals surface area contributed by atoms with E-state index in [1.165, 1.54) is 22.7 Å². The number of piperazine rings is 3. The lowest BCUT2D eigenvalue weighted by Crippen LogP contribution is -3.14. The average molecular weight is 1590 g/mol. The van der Waals surface area contributed by atoms with Crippen molar-refractivity contribution in [3.63, 3.8) is 0 Å². The molecule has 7 N–H and O–H groups in total. The van der Waals surface area contributed by atoms with Crippen LogP contribution < -0.4 is 65.5 Å². The normalized spacial score (nSPS) is 15.0. The highest BCUT2D eigenvalue weighted by Gasteiger charge is 2.34. The van der Waals surface area contributed by atoms with Crippen LogP contribution >= 0.6 is 0 Å². The van der Waals surface area contributed by atoms with Crippen molar-refractivity contribution < 1.29 is 79.6 Å². The third-order valence-electron chi connectivity index (χ3n) is 18.7. The second kappa shape index (κ2) is 39.1. The van der Waals surface area contributed by atoms with E-state index in [0.29, 0.717) is 176 Å². The molecular weight excluding hydrogens is 1480 g/mol. The zero-order chi connectivity index (χ0) is 73.4. The van der Waals surface area contributed by atoms with Gasteiger partial charge < -0.3 is 74.2 Å². The minimum atomic E-state index is -3.71. The predicted octanol–water partition coefficient (Wildman–Crippen LogP) is -2.17. The van der Waals surface area contributed by atoms with Gasteiger partial charge in [-0.15, -0.1) is 15.3 Å². The number of aryl methyl sites for hydroxylation is 6. The van der Waals surface area contributed by atoms with E-state index in [4.69, 9.17) is 14.2 Å². The Morgan fingerprint density at radius 1 is 0.421 bits per heavy atom. The molecule has 6 aromatic heterocycles. The second-order valence-electron chi connectivity index (χ2n) is 25.4. The van der Waals surface area contributed by atoms with Crippen LogP contribution in [0.2, 0.25) is 0 Å². The minimum Gasteiger partial charge on any atom is -1.00 e. The molecule has 3 aromatic carbocycles. The average Bonchev–Trinajstić information content (AvgIpc) is 1.67. The molecule has 0 atom stereocenters.